The smallest absolute Gasteiger partial charge is 0.363 e. The SMILES string of the molecule is COc1ccccc1/C=C/C=C1\N=C(c2ccc(-c3ccccc3)cc2)OC1=O. The van der Waals surface area contributed by atoms with Gasteiger partial charge in [-0.05, 0) is 35.4 Å². The summed E-state index contributed by atoms with van der Waals surface area (Å²) in [6.07, 6.45) is 5.26. The number of rotatable bonds is 5. The van der Waals surface area contributed by atoms with Crippen LogP contribution in [0.3, 0.4) is 0 Å². The molecule has 0 amide bonds. The van der Waals surface area contributed by atoms with Crippen LogP contribution in [0.15, 0.2) is 102 Å². The summed E-state index contributed by atoms with van der Waals surface area (Å²) in [5, 5.41) is 0. The third kappa shape index (κ3) is 4.17. The summed E-state index contributed by atoms with van der Waals surface area (Å²) in [5.41, 5.74) is 4.16. The van der Waals surface area contributed by atoms with Crippen LogP contribution in [-0.2, 0) is 9.53 Å². The van der Waals surface area contributed by atoms with Crippen LogP contribution in [0.2, 0.25) is 0 Å². The number of carbonyl (C=O) groups is 1. The van der Waals surface area contributed by atoms with E-state index in [1.54, 1.807) is 19.3 Å². The number of nitrogens with zero attached hydrogens (tertiary/aromatic N) is 1. The summed E-state index contributed by atoms with van der Waals surface area (Å²) in [4.78, 5) is 16.5. The molecule has 3 aromatic rings. The molecule has 0 bridgehead atoms. The van der Waals surface area contributed by atoms with Crippen LogP contribution in [0.4, 0.5) is 0 Å². The third-order valence-corrected chi connectivity index (χ3v) is 4.53. The van der Waals surface area contributed by atoms with Gasteiger partial charge in [-0.15, -0.1) is 0 Å². The molecule has 0 saturated heterocycles. The van der Waals surface area contributed by atoms with Crippen molar-refractivity contribution in [2.75, 3.05) is 7.11 Å². The predicted molar refractivity (Wildman–Crippen MR) is 115 cm³/mol. The zero-order valence-corrected chi connectivity index (χ0v) is 15.9. The number of methoxy groups -OCH3 is 1. The molecular weight excluding hydrogens is 362 g/mol. The Morgan fingerprint density at radius 1 is 0.828 bits per heavy atom. The van der Waals surface area contributed by atoms with Gasteiger partial charge in [0, 0.05) is 11.1 Å². The monoisotopic (exact) mass is 381 g/mol. The van der Waals surface area contributed by atoms with Crippen molar-refractivity contribution in [3.8, 4) is 16.9 Å². The Labute approximate surface area is 169 Å². The minimum absolute atomic E-state index is 0.262. The second kappa shape index (κ2) is 8.40. The number of hydrogen-bond acceptors (Lipinski definition) is 4. The summed E-state index contributed by atoms with van der Waals surface area (Å²) in [6, 6.07) is 25.5. The summed E-state index contributed by atoms with van der Waals surface area (Å²) in [5.74, 6) is 0.613. The Balaban J connectivity index is 1.53. The van der Waals surface area contributed by atoms with E-state index in [9.17, 15) is 4.79 Å². The molecular formula is C25H19NO3. The maximum absolute atomic E-state index is 12.1. The van der Waals surface area contributed by atoms with Crippen molar-refractivity contribution in [3.05, 3.63) is 108 Å². The maximum Gasteiger partial charge on any atom is 0.363 e. The van der Waals surface area contributed by atoms with Gasteiger partial charge in [0.2, 0.25) is 5.90 Å². The Kier molecular flexibility index (Phi) is 5.34. The van der Waals surface area contributed by atoms with Crippen molar-refractivity contribution in [1.82, 2.24) is 0 Å². The van der Waals surface area contributed by atoms with Crippen LogP contribution in [0.1, 0.15) is 11.1 Å². The summed E-state index contributed by atoms with van der Waals surface area (Å²) < 4.78 is 10.7. The Hall–Kier alpha value is -3.92. The van der Waals surface area contributed by atoms with Crippen LogP contribution in [-0.4, -0.2) is 19.0 Å². The third-order valence-electron chi connectivity index (χ3n) is 4.53. The first-order valence-corrected chi connectivity index (χ1v) is 9.23. The number of hydrogen-bond donors (Lipinski definition) is 0. The second-order valence-electron chi connectivity index (χ2n) is 6.40. The molecule has 4 heteroatoms. The van der Waals surface area contributed by atoms with Crippen molar-refractivity contribution in [3.63, 3.8) is 0 Å². The fourth-order valence-electron chi connectivity index (χ4n) is 3.03. The van der Waals surface area contributed by atoms with Crippen molar-refractivity contribution in [2.45, 2.75) is 0 Å². The molecule has 0 unspecified atom stereocenters. The minimum atomic E-state index is -0.461. The number of para-hydroxylation sites is 1. The van der Waals surface area contributed by atoms with Crippen molar-refractivity contribution >= 4 is 17.9 Å². The highest BCUT2D eigenvalue weighted by molar-refractivity contribution is 6.11. The van der Waals surface area contributed by atoms with Crippen molar-refractivity contribution < 1.29 is 14.3 Å². The average Bonchev–Trinajstić information content (AvgIpc) is 3.15. The molecule has 1 aliphatic rings. The summed E-state index contributed by atoms with van der Waals surface area (Å²) in [7, 11) is 1.62. The van der Waals surface area contributed by atoms with Gasteiger partial charge in [-0.3, -0.25) is 0 Å². The molecule has 0 radical (unpaired) electrons. The van der Waals surface area contributed by atoms with Crippen LogP contribution >= 0.6 is 0 Å². The van der Waals surface area contributed by atoms with E-state index in [-0.39, 0.29) is 5.70 Å². The van der Waals surface area contributed by atoms with E-state index in [0.717, 1.165) is 28.0 Å². The maximum atomic E-state index is 12.1. The highest BCUT2D eigenvalue weighted by Gasteiger charge is 2.23. The first kappa shape index (κ1) is 18.4. The van der Waals surface area contributed by atoms with Gasteiger partial charge in [0.25, 0.3) is 0 Å². The van der Waals surface area contributed by atoms with E-state index < -0.39 is 5.97 Å². The first-order chi connectivity index (χ1) is 14.2. The molecule has 0 N–H and O–H groups in total. The van der Waals surface area contributed by atoms with Crippen LogP contribution in [0.25, 0.3) is 17.2 Å². The molecule has 1 heterocycles. The fraction of sp³-hybridized carbons (Fsp3) is 0.0400. The van der Waals surface area contributed by atoms with Gasteiger partial charge >= 0.3 is 5.97 Å². The molecule has 4 nitrogen and oxygen atoms in total. The van der Waals surface area contributed by atoms with Crippen molar-refractivity contribution in [2.24, 2.45) is 4.99 Å². The molecule has 0 aliphatic carbocycles. The van der Waals surface area contributed by atoms with E-state index in [1.165, 1.54) is 0 Å². The average molecular weight is 381 g/mol. The quantitative estimate of drug-likeness (QED) is 0.447. The van der Waals surface area contributed by atoms with E-state index in [4.69, 9.17) is 9.47 Å². The van der Waals surface area contributed by atoms with Crippen LogP contribution in [0, 0.1) is 0 Å². The van der Waals surface area contributed by atoms with Gasteiger partial charge in [0.1, 0.15) is 5.75 Å². The number of cyclic esters (lactones) is 1. The largest absolute Gasteiger partial charge is 0.496 e. The van der Waals surface area contributed by atoms with Crippen molar-refractivity contribution in [1.29, 1.82) is 0 Å². The lowest BCUT2D eigenvalue weighted by Gasteiger charge is -2.03. The van der Waals surface area contributed by atoms with Crippen LogP contribution < -0.4 is 4.74 Å². The number of esters is 1. The molecule has 0 fully saturated rings. The molecule has 142 valence electrons. The number of ether oxygens (including phenoxy) is 2. The topological polar surface area (TPSA) is 47.9 Å². The Morgan fingerprint density at radius 3 is 2.24 bits per heavy atom. The predicted octanol–water partition coefficient (Wildman–Crippen LogP) is 5.26. The molecule has 0 saturated carbocycles. The summed E-state index contributed by atoms with van der Waals surface area (Å²) in [6.45, 7) is 0. The number of carbonyl (C=O) groups excluding carboxylic acids is 1. The lowest BCUT2D eigenvalue weighted by Crippen LogP contribution is -2.05. The molecule has 4 rings (SSSR count). The van der Waals surface area contributed by atoms with Crippen LogP contribution in [0.5, 0.6) is 5.75 Å². The minimum Gasteiger partial charge on any atom is -0.496 e. The molecule has 0 atom stereocenters. The lowest BCUT2D eigenvalue weighted by molar-refractivity contribution is -0.130. The Bertz CT molecular complexity index is 1110. The van der Waals surface area contributed by atoms with Gasteiger partial charge in [0.05, 0.1) is 7.11 Å². The number of aliphatic imine (C=N–C) groups is 1. The fourth-order valence-corrected chi connectivity index (χ4v) is 3.03. The highest BCUT2D eigenvalue weighted by atomic mass is 16.6. The first-order valence-electron chi connectivity index (χ1n) is 9.23. The molecule has 3 aromatic carbocycles. The van der Waals surface area contributed by atoms with Gasteiger partial charge in [0.15, 0.2) is 5.70 Å². The van der Waals surface area contributed by atoms with E-state index in [2.05, 4.69) is 17.1 Å². The highest BCUT2D eigenvalue weighted by Crippen LogP contribution is 2.23. The van der Waals surface area contributed by atoms with Gasteiger partial charge in [-0.2, -0.15) is 0 Å². The number of allylic oxidation sites excluding steroid dienone is 2. The summed E-state index contributed by atoms with van der Waals surface area (Å²) >= 11 is 0. The Morgan fingerprint density at radius 2 is 1.48 bits per heavy atom. The molecule has 29 heavy (non-hydrogen) atoms. The lowest BCUT2D eigenvalue weighted by atomic mass is 10.0. The van der Waals surface area contributed by atoms with E-state index in [0.29, 0.717) is 5.90 Å². The zero-order chi connectivity index (χ0) is 20.1. The standard InChI is InChI=1S/C25H19NO3/c1-28-23-13-6-5-10-20(23)11-7-12-22-25(27)29-24(26-22)21-16-14-19(15-17-21)18-8-3-2-4-9-18/h2-17H,1H3/b11-7+,22-12-. The van der Waals surface area contributed by atoms with E-state index in [1.807, 2.05) is 72.8 Å². The second-order valence-corrected chi connectivity index (χ2v) is 6.40. The van der Waals surface area contributed by atoms with Gasteiger partial charge in [-0.1, -0.05) is 72.8 Å². The molecule has 0 spiro atoms. The number of benzene rings is 3. The van der Waals surface area contributed by atoms with Gasteiger partial charge in [-0.25, -0.2) is 9.79 Å². The van der Waals surface area contributed by atoms with Gasteiger partial charge < -0.3 is 9.47 Å². The van der Waals surface area contributed by atoms with E-state index >= 15 is 0 Å². The zero-order valence-electron chi connectivity index (χ0n) is 15.9. The molecule has 0 aromatic heterocycles. The normalized spacial score (nSPS) is 14.9. The molecule has 1 aliphatic heterocycles.